The zero-order valence-corrected chi connectivity index (χ0v) is 17.3. The third kappa shape index (κ3) is 5.27. The van der Waals surface area contributed by atoms with Crippen molar-refractivity contribution in [3.05, 3.63) is 70.5 Å². The van der Waals surface area contributed by atoms with Gasteiger partial charge in [0.15, 0.2) is 5.16 Å². The minimum atomic E-state index is -0.533. The quantitative estimate of drug-likeness (QED) is 0.460. The van der Waals surface area contributed by atoms with Gasteiger partial charge >= 0.3 is 0 Å². The molecule has 0 bridgehead atoms. The molecule has 0 aliphatic carbocycles. The van der Waals surface area contributed by atoms with Gasteiger partial charge in [0.2, 0.25) is 0 Å². The number of nitrogens with zero attached hydrogens (tertiary/aromatic N) is 3. The number of amides is 2. The molecular weight excluding hydrogens is 414 g/mol. The minimum Gasteiger partial charge on any atom is -0.496 e. The lowest BCUT2D eigenvalue weighted by atomic mass is 10.1. The molecule has 2 aromatic carbocycles. The van der Waals surface area contributed by atoms with E-state index in [1.807, 2.05) is 23.7 Å². The Balaban J connectivity index is 1.56. The number of hydrazine groups is 1. The number of nitrogens with one attached hydrogen (secondary N) is 2. The van der Waals surface area contributed by atoms with E-state index < -0.39 is 11.8 Å². The molecular formula is C19H18ClN5O3S. The van der Waals surface area contributed by atoms with Crippen LogP contribution in [0.5, 0.6) is 5.75 Å². The maximum Gasteiger partial charge on any atom is 0.273 e. The van der Waals surface area contributed by atoms with E-state index in [1.165, 1.54) is 13.2 Å². The standard InChI is InChI=1S/C19H18ClN5O3S/c1-25-11-21-24-19(25)29-10-12-3-5-13(6-4-12)17(26)22-23-18(27)15-9-14(20)7-8-16(15)28-2/h3-9,11H,10H2,1-2H3,(H,22,26)(H,23,27). The van der Waals surface area contributed by atoms with E-state index in [0.29, 0.717) is 22.1 Å². The second kappa shape index (κ2) is 9.44. The summed E-state index contributed by atoms with van der Waals surface area (Å²) < 4.78 is 6.98. The molecule has 0 spiro atoms. The SMILES string of the molecule is COc1ccc(Cl)cc1C(=O)NNC(=O)c1ccc(CSc2nncn2C)cc1. The number of thioether (sulfide) groups is 1. The Labute approximate surface area is 176 Å². The predicted molar refractivity (Wildman–Crippen MR) is 110 cm³/mol. The van der Waals surface area contributed by atoms with Crippen molar-refractivity contribution in [1.82, 2.24) is 25.6 Å². The Morgan fingerprint density at radius 3 is 2.52 bits per heavy atom. The first-order chi connectivity index (χ1) is 14.0. The molecule has 3 rings (SSSR count). The van der Waals surface area contributed by atoms with Gasteiger partial charge in [-0.05, 0) is 35.9 Å². The van der Waals surface area contributed by atoms with Crippen molar-refractivity contribution < 1.29 is 14.3 Å². The Kier molecular flexibility index (Phi) is 6.73. The lowest BCUT2D eigenvalue weighted by molar-refractivity contribution is 0.0845. The summed E-state index contributed by atoms with van der Waals surface area (Å²) in [5, 5.41) is 9.04. The zero-order valence-electron chi connectivity index (χ0n) is 15.7. The number of halogens is 1. The number of hydrogen-bond acceptors (Lipinski definition) is 6. The summed E-state index contributed by atoms with van der Waals surface area (Å²) in [6.07, 6.45) is 1.64. The van der Waals surface area contributed by atoms with Gasteiger partial charge in [-0.15, -0.1) is 10.2 Å². The van der Waals surface area contributed by atoms with Gasteiger partial charge in [-0.3, -0.25) is 20.4 Å². The molecule has 0 saturated carbocycles. The molecule has 0 radical (unpaired) electrons. The van der Waals surface area contributed by atoms with Crippen LogP contribution in [0.15, 0.2) is 53.9 Å². The van der Waals surface area contributed by atoms with Gasteiger partial charge in [0, 0.05) is 23.4 Å². The first-order valence-corrected chi connectivity index (χ1v) is 9.84. The number of carbonyl (C=O) groups excluding carboxylic acids is 2. The molecule has 8 nitrogen and oxygen atoms in total. The second-order valence-corrected chi connectivity index (χ2v) is 7.34. The Morgan fingerprint density at radius 1 is 1.14 bits per heavy atom. The highest BCUT2D eigenvalue weighted by Crippen LogP contribution is 2.22. The van der Waals surface area contributed by atoms with Crippen molar-refractivity contribution in [2.45, 2.75) is 10.9 Å². The molecule has 0 aliphatic rings. The summed E-state index contributed by atoms with van der Waals surface area (Å²) >= 11 is 7.47. The number of aryl methyl sites for hydroxylation is 1. The molecule has 3 aromatic rings. The number of methoxy groups -OCH3 is 1. The molecule has 0 aliphatic heterocycles. The maximum absolute atomic E-state index is 12.3. The summed E-state index contributed by atoms with van der Waals surface area (Å²) in [5.74, 6) is 0.0758. The molecule has 2 N–H and O–H groups in total. The molecule has 0 atom stereocenters. The fourth-order valence-corrected chi connectivity index (χ4v) is 3.43. The highest BCUT2D eigenvalue weighted by molar-refractivity contribution is 7.98. The van der Waals surface area contributed by atoms with Crippen LogP contribution in [0.25, 0.3) is 0 Å². The number of carbonyl (C=O) groups is 2. The highest BCUT2D eigenvalue weighted by atomic mass is 35.5. The van der Waals surface area contributed by atoms with Crippen LogP contribution in [0, 0.1) is 0 Å². The highest BCUT2D eigenvalue weighted by Gasteiger charge is 2.14. The number of ether oxygens (including phenoxy) is 1. The van der Waals surface area contributed by atoms with E-state index in [4.69, 9.17) is 16.3 Å². The number of rotatable bonds is 6. The molecule has 0 unspecified atom stereocenters. The van der Waals surface area contributed by atoms with E-state index >= 15 is 0 Å². The van der Waals surface area contributed by atoms with Gasteiger partial charge < -0.3 is 9.30 Å². The van der Waals surface area contributed by atoms with Crippen LogP contribution in [0.1, 0.15) is 26.3 Å². The topological polar surface area (TPSA) is 98.1 Å². The molecule has 2 amide bonds. The van der Waals surface area contributed by atoms with Crippen LogP contribution >= 0.6 is 23.4 Å². The lowest BCUT2D eigenvalue weighted by Crippen LogP contribution is -2.41. The molecule has 10 heteroatoms. The number of benzene rings is 2. The third-order valence-electron chi connectivity index (χ3n) is 3.95. The number of hydrogen-bond donors (Lipinski definition) is 2. The van der Waals surface area contributed by atoms with Crippen molar-refractivity contribution in [1.29, 1.82) is 0 Å². The van der Waals surface area contributed by atoms with Crippen LogP contribution in [-0.2, 0) is 12.8 Å². The molecule has 0 saturated heterocycles. The zero-order chi connectivity index (χ0) is 20.8. The van der Waals surface area contributed by atoms with E-state index in [0.717, 1.165) is 10.7 Å². The van der Waals surface area contributed by atoms with Crippen molar-refractivity contribution >= 4 is 35.2 Å². The number of aromatic nitrogens is 3. The van der Waals surface area contributed by atoms with Crippen molar-refractivity contribution in [3.63, 3.8) is 0 Å². The second-order valence-electron chi connectivity index (χ2n) is 5.96. The van der Waals surface area contributed by atoms with E-state index in [2.05, 4.69) is 21.0 Å². The summed E-state index contributed by atoms with van der Waals surface area (Å²) in [4.78, 5) is 24.6. The monoisotopic (exact) mass is 431 g/mol. The largest absolute Gasteiger partial charge is 0.496 e. The fourth-order valence-electron chi connectivity index (χ4n) is 2.41. The first-order valence-electron chi connectivity index (χ1n) is 8.48. The minimum absolute atomic E-state index is 0.219. The first kappa shape index (κ1) is 20.7. The van der Waals surface area contributed by atoms with E-state index in [1.54, 1.807) is 42.4 Å². The van der Waals surface area contributed by atoms with E-state index in [9.17, 15) is 9.59 Å². The summed E-state index contributed by atoms with van der Waals surface area (Å²) in [6.45, 7) is 0. The Bertz CT molecular complexity index is 1020. The van der Waals surface area contributed by atoms with Gasteiger partial charge in [0.25, 0.3) is 11.8 Å². The van der Waals surface area contributed by atoms with Gasteiger partial charge in [-0.25, -0.2) is 0 Å². The molecule has 29 heavy (non-hydrogen) atoms. The van der Waals surface area contributed by atoms with Crippen molar-refractivity contribution in [2.24, 2.45) is 7.05 Å². The van der Waals surface area contributed by atoms with Crippen LogP contribution in [0.4, 0.5) is 0 Å². The maximum atomic E-state index is 12.3. The van der Waals surface area contributed by atoms with Crippen molar-refractivity contribution in [3.8, 4) is 5.75 Å². The average molecular weight is 432 g/mol. The molecule has 150 valence electrons. The Hall–Kier alpha value is -3.04. The predicted octanol–water partition coefficient (Wildman–Crippen LogP) is 2.84. The Morgan fingerprint density at radius 2 is 1.86 bits per heavy atom. The lowest BCUT2D eigenvalue weighted by Gasteiger charge is -2.11. The third-order valence-corrected chi connectivity index (χ3v) is 5.29. The van der Waals surface area contributed by atoms with Crippen LogP contribution in [0.3, 0.4) is 0 Å². The van der Waals surface area contributed by atoms with Crippen LogP contribution in [-0.4, -0.2) is 33.7 Å². The molecule has 1 heterocycles. The summed E-state index contributed by atoms with van der Waals surface area (Å²) in [7, 11) is 3.33. The molecule has 0 fully saturated rings. The van der Waals surface area contributed by atoms with Crippen molar-refractivity contribution in [2.75, 3.05) is 7.11 Å². The van der Waals surface area contributed by atoms with Gasteiger partial charge in [-0.1, -0.05) is 35.5 Å². The normalized spacial score (nSPS) is 10.4. The fraction of sp³-hybridized carbons (Fsp3) is 0.158. The van der Waals surface area contributed by atoms with Gasteiger partial charge in [0.05, 0.1) is 12.7 Å². The van der Waals surface area contributed by atoms with E-state index in [-0.39, 0.29) is 5.56 Å². The summed E-state index contributed by atoms with van der Waals surface area (Å²) in [5.41, 5.74) is 6.41. The smallest absolute Gasteiger partial charge is 0.273 e. The van der Waals surface area contributed by atoms with Gasteiger partial charge in [-0.2, -0.15) is 0 Å². The molecule has 1 aromatic heterocycles. The summed E-state index contributed by atoms with van der Waals surface area (Å²) in [6, 6.07) is 11.7. The van der Waals surface area contributed by atoms with Crippen LogP contribution < -0.4 is 15.6 Å². The van der Waals surface area contributed by atoms with Gasteiger partial charge in [0.1, 0.15) is 12.1 Å². The van der Waals surface area contributed by atoms with Crippen LogP contribution in [0.2, 0.25) is 5.02 Å². The average Bonchev–Trinajstić information content (AvgIpc) is 3.15.